The van der Waals surface area contributed by atoms with Gasteiger partial charge in [-0.1, -0.05) is 13.8 Å². The van der Waals surface area contributed by atoms with Gasteiger partial charge in [0.2, 0.25) is 5.91 Å². The maximum absolute atomic E-state index is 10.4. The lowest BCUT2D eigenvalue weighted by Crippen LogP contribution is -2.44. The van der Waals surface area contributed by atoms with E-state index in [4.69, 9.17) is 5.73 Å². The van der Waals surface area contributed by atoms with E-state index in [0.717, 1.165) is 0 Å². The number of nitrogens with two attached hydrogens (primary N) is 1. The topological polar surface area (TPSA) is 55.1 Å². The van der Waals surface area contributed by atoms with Crippen LogP contribution in [0.1, 0.15) is 20.8 Å². The molecule has 0 aromatic carbocycles. The lowest BCUT2D eigenvalue weighted by Gasteiger charge is -2.15. The molecule has 1 atom stereocenters. The molecule has 0 rings (SSSR count). The number of carbonyl (C=O) groups excluding carboxylic acids is 1. The largest absolute Gasteiger partial charge is 0.341 e. The molecule has 0 bridgehead atoms. The molecule has 0 saturated heterocycles. The highest BCUT2D eigenvalue weighted by molar-refractivity contribution is 5.73. The number of amides is 1. The second-order valence-corrected chi connectivity index (χ2v) is 2.47. The summed E-state index contributed by atoms with van der Waals surface area (Å²) in [4.78, 5) is 10.4. The van der Waals surface area contributed by atoms with Gasteiger partial charge in [0, 0.05) is 6.92 Å². The first-order valence-electron chi connectivity index (χ1n) is 3.06. The van der Waals surface area contributed by atoms with Crippen LogP contribution in [0.4, 0.5) is 0 Å². The second-order valence-electron chi connectivity index (χ2n) is 2.47. The second kappa shape index (κ2) is 3.45. The quantitative estimate of drug-likeness (QED) is 0.519. The highest BCUT2D eigenvalue weighted by Gasteiger charge is 2.06. The van der Waals surface area contributed by atoms with Crippen molar-refractivity contribution >= 4 is 5.91 Å². The minimum atomic E-state index is -0.206. The molecule has 0 heterocycles. The van der Waals surface area contributed by atoms with E-state index in [1.54, 1.807) is 0 Å². The molecule has 9 heavy (non-hydrogen) atoms. The van der Waals surface area contributed by atoms with Crippen LogP contribution < -0.4 is 11.1 Å². The summed E-state index contributed by atoms with van der Waals surface area (Å²) in [6.07, 6.45) is -0.206. The fourth-order valence-electron chi connectivity index (χ4n) is 0.401. The first-order chi connectivity index (χ1) is 4.04. The fourth-order valence-corrected chi connectivity index (χ4v) is 0.401. The zero-order valence-electron chi connectivity index (χ0n) is 6.14. The van der Waals surface area contributed by atoms with E-state index in [1.165, 1.54) is 6.92 Å². The molecule has 3 nitrogen and oxygen atoms in total. The summed E-state index contributed by atoms with van der Waals surface area (Å²) in [7, 11) is 0. The molecule has 0 saturated carbocycles. The Hall–Kier alpha value is -0.570. The molecular weight excluding hydrogens is 116 g/mol. The average molecular weight is 130 g/mol. The Morgan fingerprint density at radius 3 is 2.11 bits per heavy atom. The van der Waals surface area contributed by atoms with Crippen LogP contribution in [0.3, 0.4) is 0 Å². The average Bonchev–Trinajstić information content (AvgIpc) is 1.63. The van der Waals surface area contributed by atoms with Gasteiger partial charge in [-0.05, 0) is 5.92 Å². The van der Waals surface area contributed by atoms with Gasteiger partial charge in [0.05, 0.1) is 6.17 Å². The van der Waals surface area contributed by atoms with Crippen molar-refractivity contribution < 1.29 is 4.79 Å². The predicted molar refractivity (Wildman–Crippen MR) is 36.6 cm³/mol. The number of hydrogen-bond acceptors (Lipinski definition) is 2. The molecule has 3 heteroatoms. The fraction of sp³-hybridized carbons (Fsp3) is 0.833. The molecule has 0 fully saturated rings. The van der Waals surface area contributed by atoms with Gasteiger partial charge in [-0.3, -0.25) is 4.79 Å². The van der Waals surface area contributed by atoms with Gasteiger partial charge < -0.3 is 11.1 Å². The van der Waals surface area contributed by atoms with E-state index < -0.39 is 0 Å². The number of rotatable bonds is 2. The third-order valence-corrected chi connectivity index (χ3v) is 1.09. The smallest absolute Gasteiger partial charge is 0.218 e. The maximum atomic E-state index is 10.4. The molecule has 54 valence electrons. The third-order valence-electron chi connectivity index (χ3n) is 1.09. The third kappa shape index (κ3) is 3.97. The van der Waals surface area contributed by atoms with Crippen molar-refractivity contribution in [2.24, 2.45) is 11.7 Å². The molecule has 0 aromatic rings. The Bertz CT molecular complexity index is 101. The highest BCUT2D eigenvalue weighted by Crippen LogP contribution is 1.92. The van der Waals surface area contributed by atoms with Gasteiger partial charge in [-0.2, -0.15) is 0 Å². The van der Waals surface area contributed by atoms with Crippen molar-refractivity contribution in [3.05, 3.63) is 0 Å². The Morgan fingerprint density at radius 1 is 1.56 bits per heavy atom. The molecule has 1 unspecified atom stereocenters. The molecule has 3 N–H and O–H groups in total. The number of carbonyl (C=O) groups is 1. The summed E-state index contributed by atoms with van der Waals surface area (Å²) in [5.41, 5.74) is 5.49. The molecule has 0 aliphatic carbocycles. The lowest BCUT2D eigenvalue weighted by molar-refractivity contribution is -0.119. The van der Waals surface area contributed by atoms with Crippen molar-refractivity contribution in [2.75, 3.05) is 0 Å². The zero-order chi connectivity index (χ0) is 7.44. The first-order valence-corrected chi connectivity index (χ1v) is 3.06. The van der Waals surface area contributed by atoms with Crippen LogP contribution in [-0.2, 0) is 4.79 Å². The Kier molecular flexibility index (Phi) is 3.24. The first kappa shape index (κ1) is 8.43. The molecular formula is C6H14N2O. The van der Waals surface area contributed by atoms with Gasteiger partial charge in [-0.25, -0.2) is 0 Å². The molecule has 0 radical (unpaired) electrons. The summed E-state index contributed by atoms with van der Waals surface area (Å²) in [5.74, 6) is 0.227. The summed E-state index contributed by atoms with van der Waals surface area (Å²) < 4.78 is 0. The molecule has 0 aliphatic heterocycles. The minimum Gasteiger partial charge on any atom is -0.341 e. The highest BCUT2D eigenvalue weighted by atomic mass is 16.1. The van der Waals surface area contributed by atoms with E-state index >= 15 is 0 Å². The van der Waals surface area contributed by atoms with Crippen molar-refractivity contribution in [2.45, 2.75) is 26.9 Å². The summed E-state index contributed by atoms with van der Waals surface area (Å²) in [6, 6.07) is 0. The van der Waals surface area contributed by atoms with Gasteiger partial charge in [0.25, 0.3) is 0 Å². The van der Waals surface area contributed by atoms with E-state index in [2.05, 4.69) is 5.32 Å². The molecule has 0 aromatic heterocycles. The normalized spacial score (nSPS) is 13.4. The maximum Gasteiger partial charge on any atom is 0.218 e. The van der Waals surface area contributed by atoms with Gasteiger partial charge in [0.15, 0.2) is 0 Å². The van der Waals surface area contributed by atoms with Crippen LogP contribution in [0.15, 0.2) is 0 Å². The summed E-state index contributed by atoms with van der Waals surface area (Å²) in [6.45, 7) is 5.38. The van der Waals surface area contributed by atoms with Crippen LogP contribution >= 0.6 is 0 Å². The monoisotopic (exact) mass is 130 g/mol. The van der Waals surface area contributed by atoms with Crippen molar-refractivity contribution in [1.82, 2.24) is 5.32 Å². The number of nitrogens with one attached hydrogen (secondary N) is 1. The van der Waals surface area contributed by atoms with E-state index in [1.807, 2.05) is 13.8 Å². The molecule has 0 aliphatic rings. The van der Waals surface area contributed by atoms with E-state index in [-0.39, 0.29) is 12.1 Å². The van der Waals surface area contributed by atoms with E-state index in [0.29, 0.717) is 5.92 Å². The van der Waals surface area contributed by atoms with Gasteiger partial charge in [0.1, 0.15) is 0 Å². The van der Waals surface area contributed by atoms with E-state index in [9.17, 15) is 4.79 Å². The summed E-state index contributed by atoms with van der Waals surface area (Å²) in [5, 5.41) is 2.58. The Morgan fingerprint density at radius 2 is 2.00 bits per heavy atom. The standard InChI is InChI=1S/C6H14N2O/c1-4(2)6(7)8-5(3)9/h4,6H,7H2,1-3H3,(H,8,9). The molecule has 0 spiro atoms. The van der Waals surface area contributed by atoms with Crippen LogP contribution in [0, 0.1) is 5.92 Å². The Labute approximate surface area is 55.6 Å². The van der Waals surface area contributed by atoms with Gasteiger partial charge in [-0.15, -0.1) is 0 Å². The number of hydrogen-bond donors (Lipinski definition) is 2. The van der Waals surface area contributed by atoms with Crippen LogP contribution in [0.25, 0.3) is 0 Å². The SMILES string of the molecule is CC(=O)NC(N)C(C)C. The predicted octanol–water partition coefficient (Wildman–Crippen LogP) is 0.0633. The lowest BCUT2D eigenvalue weighted by atomic mass is 10.2. The van der Waals surface area contributed by atoms with Crippen molar-refractivity contribution in [3.63, 3.8) is 0 Å². The van der Waals surface area contributed by atoms with Crippen LogP contribution in [0.2, 0.25) is 0 Å². The Balaban J connectivity index is 3.50. The van der Waals surface area contributed by atoms with Crippen molar-refractivity contribution in [1.29, 1.82) is 0 Å². The van der Waals surface area contributed by atoms with Crippen LogP contribution in [-0.4, -0.2) is 12.1 Å². The van der Waals surface area contributed by atoms with Gasteiger partial charge >= 0.3 is 0 Å². The minimum absolute atomic E-state index is 0.0730. The zero-order valence-corrected chi connectivity index (χ0v) is 6.14. The van der Waals surface area contributed by atoms with Crippen molar-refractivity contribution in [3.8, 4) is 0 Å². The molecule has 1 amide bonds. The van der Waals surface area contributed by atoms with Crippen LogP contribution in [0.5, 0.6) is 0 Å². The summed E-state index contributed by atoms with van der Waals surface area (Å²) >= 11 is 0.